The van der Waals surface area contributed by atoms with Crippen LogP contribution >= 0.6 is 0 Å². The number of carboxylic acid groups (broad SMARTS) is 1. The number of nitrogens with zero attached hydrogens (tertiary/aromatic N) is 2. The Kier molecular flexibility index (Phi) is 9.31. The van der Waals surface area contributed by atoms with E-state index in [1.807, 2.05) is 0 Å². The highest BCUT2D eigenvalue weighted by atomic mass is 16.4. The fourth-order valence-electron chi connectivity index (χ4n) is 3.04. The lowest BCUT2D eigenvalue weighted by Crippen LogP contribution is -2.67. The molecule has 1 rings (SSSR count). The van der Waals surface area contributed by atoms with Gasteiger partial charge in [0.2, 0.25) is 10.8 Å². The smallest absolute Gasteiger partial charge is 0.311 e. The summed E-state index contributed by atoms with van der Waals surface area (Å²) in [6, 6.07) is -1.40. The molecule has 0 aromatic rings. The van der Waals surface area contributed by atoms with Crippen LogP contribution in [0.4, 0.5) is 0 Å². The average molecular weight is 375 g/mol. The van der Waals surface area contributed by atoms with E-state index in [1.54, 1.807) is 0 Å². The van der Waals surface area contributed by atoms with Gasteiger partial charge >= 0.3 is 5.97 Å². The monoisotopic (exact) mass is 375 g/mol. The van der Waals surface area contributed by atoms with E-state index in [2.05, 4.69) is 15.3 Å². The second kappa shape index (κ2) is 10.9. The van der Waals surface area contributed by atoms with Gasteiger partial charge < -0.3 is 30.8 Å². The van der Waals surface area contributed by atoms with Crippen LogP contribution in [0.2, 0.25) is 0 Å². The Balaban J connectivity index is 2.45. The lowest BCUT2D eigenvalue weighted by Gasteiger charge is -2.42. The number of carbonyl (C=O) groups is 2. The number of aliphatic hydroxyl groups is 4. The predicted molar refractivity (Wildman–Crippen MR) is 86.9 cm³/mol. The number of nitrogens with one attached hydrogen (secondary N) is 2. The molecule has 1 aliphatic carbocycles. The summed E-state index contributed by atoms with van der Waals surface area (Å²) in [6.45, 7) is 0.497. The van der Waals surface area contributed by atoms with Gasteiger partial charge in [0.25, 0.3) is 0 Å². The molecular weight excluding hydrogens is 348 g/mol. The van der Waals surface area contributed by atoms with Crippen molar-refractivity contribution in [2.24, 2.45) is 11.0 Å². The first-order valence-electron chi connectivity index (χ1n) is 8.59. The van der Waals surface area contributed by atoms with E-state index in [-0.39, 0.29) is 6.42 Å². The second-order valence-corrected chi connectivity index (χ2v) is 6.40. The van der Waals surface area contributed by atoms with E-state index >= 15 is 0 Å². The number of amides is 1. The number of carbonyl (C=O) groups excluding carboxylic acids is 1. The van der Waals surface area contributed by atoms with E-state index in [1.165, 1.54) is 0 Å². The molecule has 7 N–H and O–H groups in total. The standard InChI is InChI=1S/C15H26N4O7/c16-19-17-7-5-3-1-2-4-6-8(20)18-10-9(15(25)26)11(21)13(23)14(24)12(10)22/h9-14,16,21-24H,1-7H2,(H-,18,20,25,26)/p+1/t9-,10+,11+,12-,13-,14-/m0/s1. The fourth-order valence-corrected chi connectivity index (χ4v) is 3.04. The molecular formula is C15H27N4O7+. The topological polar surface area (TPSA) is 198 Å². The highest BCUT2D eigenvalue weighted by Crippen LogP contribution is 2.27. The fraction of sp³-hybridized carbons (Fsp3) is 0.867. The van der Waals surface area contributed by atoms with Crippen molar-refractivity contribution in [3.05, 3.63) is 0 Å². The van der Waals surface area contributed by atoms with Gasteiger partial charge in [0.05, 0.1) is 12.1 Å². The van der Waals surface area contributed by atoms with Crippen molar-refractivity contribution in [3.63, 3.8) is 0 Å². The molecule has 0 heterocycles. The van der Waals surface area contributed by atoms with Crippen molar-refractivity contribution in [2.45, 2.75) is 69.0 Å². The number of aliphatic hydroxyl groups excluding tert-OH is 4. The Labute approximate surface area is 150 Å². The van der Waals surface area contributed by atoms with Crippen molar-refractivity contribution in [1.29, 1.82) is 5.53 Å². The molecule has 0 aromatic heterocycles. The van der Waals surface area contributed by atoms with Crippen molar-refractivity contribution >= 4 is 11.9 Å². The molecule has 0 bridgehead atoms. The van der Waals surface area contributed by atoms with Gasteiger partial charge in [0, 0.05) is 6.42 Å². The molecule has 0 spiro atoms. The van der Waals surface area contributed by atoms with Crippen molar-refractivity contribution in [2.75, 3.05) is 6.54 Å². The van der Waals surface area contributed by atoms with E-state index in [4.69, 9.17) is 5.53 Å². The summed E-state index contributed by atoms with van der Waals surface area (Å²) in [5, 5.41) is 54.2. The minimum absolute atomic E-state index is 0.108. The van der Waals surface area contributed by atoms with Crippen LogP contribution in [0, 0.1) is 11.4 Å². The Morgan fingerprint density at radius 1 is 0.923 bits per heavy atom. The van der Waals surface area contributed by atoms with Crippen LogP contribution in [0.3, 0.4) is 0 Å². The molecule has 148 valence electrons. The van der Waals surface area contributed by atoms with Gasteiger partial charge in [-0.1, -0.05) is 19.3 Å². The van der Waals surface area contributed by atoms with Crippen LogP contribution < -0.4 is 10.2 Å². The molecule has 0 aromatic carbocycles. The van der Waals surface area contributed by atoms with Crippen LogP contribution in [-0.4, -0.2) is 74.4 Å². The Hall–Kier alpha value is -1.91. The molecule has 6 atom stereocenters. The average Bonchev–Trinajstić information content (AvgIpc) is 2.59. The predicted octanol–water partition coefficient (Wildman–Crippen LogP) is -1.48. The first-order chi connectivity index (χ1) is 12.3. The minimum atomic E-state index is -1.81. The zero-order valence-electron chi connectivity index (χ0n) is 14.4. The summed E-state index contributed by atoms with van der Waals surface area (Å²) >= 11 is 0. The van der Waals surface area contributed by atoms with Crippen LogP contribution in [0.1, 0.15) is 38.5 Å². The van der Waals surface area contributed by atoms with E-state index in [9.17, 15) is 35.1 Å². The lowest BCUT2D eigenvalue weighted by molar-refractivity contribution is -0.187. The summed E-state index contributed by atoms with van der Waals surface area (Å²) in [5.74, 6) is -3.62. The van der Waals surface area contributed by atoms with E-state index in [0.717, 1.165) is 25.7 Å². The minimum Gasteiger partial charge on any atom is -0.481 e. The molecule has 11 heteroatoms. The zero-order valence-corrected chi connectivity index (χ0v) is 14.4. The molecule has 1 amide bonds. The van der Waals surface area contributed by atoms with Gasteiger partial charge in [-0.25, -0.2) is 0 Å². The first kappa shape index (κ1) is 22.1. The number of hydrogen-bond donors (Lipinski definition) is 7. The van der Waals surface area contributed by atoms with E-state index in [0.29, 0.717) is 13.0 Å². The molecule has 0 radical (unpaired) electrons. The van der Waals surface area contributed by atoms with Crippen LogP contribution in [-0.2, 0) is 9.59 Å². The molecule has 11 nitrogen and oxygen atoms in total. The second-order valence-electron chi connectivity index (χ2n) is 6.40. The Morgan fingerprint density at radius 3 is 2.12 bits per heavy atom. The molecule has 0 saturated heterocycles. The summed E-state index contributed by atoms with van der Waals surface area (Å²) < 4.78 is 0. The summed E-state index contributed by atoms with van der Waals surface area (Å²) in [5.41, 5.74) is 6.51. The molecule has 1 fully saturated rings. The maximum atomic E-state index is 12.0. The number of unbranched alkanes of at least 4 members (excludes halogenated alkanes) is 4. The zero-order chi connectivity index (χ0) is 19.7. The third-order valence-electron chi connectivity index (χ3n) is 4.52. The molecule has 1 saturated carbocycles. The first-order valence-corrected chi connectivity index (χ1v) is 8.59. The Bertz CT molecular complexity index is 526. The molecule has 0 unspecified atom stereocenters. The van der Waals surface area contributed by atoms with Crippen LogP contribution in [0.15, 0.2) is 5.11 Å². The summed E-state index contributed by atoms with van der Waals surface area (Å²) in [6.07, 6.45) is -3.08. The van der Waals surface area contributed by atoms with Crippen molar-refractivity contribution in [3.8, 4) is 0 Å². The highest BCUT2D eigenvalue weighted by Gasteiger charge is 2.52. The highest BCUT2D eigenvalue weighted by molar-refractivity contribution is 5.78. The van der Waals surface area contributed by atoms with Gasteiger partial charge in [0.15, 0.2) is 0 Å². The van der Waals surface area contributed by atoms with Crippen molar-refractivity contribution < 1.29 is 35.1 Å². The Morgan fingerprint density at radius 2 is 1.50 bits per heavy atom. The maximum absolute atomic E-state index is 12.0. The van der Waals surface area contributed by atoms with Crippen molar-refractivity contribution in [1.82, 2.24) is 10.2 Å². The van der Waals surface area contributed by atoms with Crippen LogP contribution in [0.5, 0.6) is 0 Å². The van der Waals surface area contributed by atoms with Crippen LogP contribution in [0.25, 0.3) is 0 Å². The number of aliphatic carboxylic acids is 1. The number of rotatable bonds is 10. The van der Waals surface area contributed by atoms with E-state index < -0.39 is 48.3 Å². The summed E-state index contributed by atoms with van der Waals surface area (Å²) in [7, 11) is 0. The SMILES string of the molecule is N=[N+]=NCCCCCCCC(=O)N[C@H]1[C@H](O)[C@H](O)[C@@H](O)[C@H](O)[C@H]1C(=O)O. The van der Waals surface area contributed by atoms with Gasteiger partial charge in [-0.2, -0.15) is 0 Å². The normalized spacial score (nSPS) is 31.1. The van der Waals surface area contributed by atoms with Gasteiger partial charge in [-0.15, -0.1) is 0 Å². The molecule has 1 aliphatic rings. The van der Waals surface area contributed by atoms with Gasteiger partial charge in [-0.3, -0.25) is 9.59 Å². The summed E-state index contributed by atoms with van der Waals surface area (Å²) in [4.78, 5) is 26.2. The number of hydrogen-bond acceptors (Lipinski definition) is 8. The largest absolute Gasteiger partial charge is 0.481 e. The lowest BCUT2D eigenvalue weighted by atomic mass is 9.76. The van der Waals surface area contributed by atoms with Gasteiger partial charge in [0.1, 0.15) is 41.4 Å². The maximum Gasteiger partial charge on any atom is 0.311 e. The number of carboxylic acids is 1. The quantitative estimate of drug-likeness (QED) is 0.137. The molecule has 26 heavy (non-hydrogen) atoms. The van der Waals surface area contributed by atoms with Gasteiger partial charge in [-0.05, 0) is 12.8 Å². The molecule has 0 aliphatic heterocycles. The third-order valence-corrected chi connectivity index (χ3v) is 4.52. The third kappa shape index (κ3) is 6.11.